The Kier molecular flexibility index (Phi) is 3.95. The molecular weight excluding hydrogens is 218 g/mol. The molecule has 0 amide bonds. The molecule has 1 aliphatic rings. The summed E-state index contributed by atoms with van der Waals surface area (Å²) in [6.07, 6.45) is 5.67. The van der Waals surface area contributed by atoms with Crippen LogP contribution in [0.15, 0.2) is 6.20 Å². The highest BCUT2D eigenvalue weighted by Crippen LogP contribution is 2.18. The van der Waals surface area contributed by atoms with Crippen LogP contribution < -0.4 is 10.6 Å². The van der Waals surface area contributed by atoms with Crippen molar-refractivity contribution >= 4 is 11.3 Å². The van der Waals surface area contributed by atoms with E-state index in [0.29, 0.717) is 5.54 Å². The Balaban J connectivity index is 1.75. The minimum atomic E-state index is 0.296. The zero-order valence-corrected chi connectivity index (χ0v) is 11.0. The van der Waals surface area contributed by atoms with Gasteiger partial charge in [0.2, 0.25) is 0 Å². The predicted octanol–water partition coefficient (Wildman–Crippen LogP) is 1.94. The van der Waals surface area contributed by atoms with Gasteiger partial charge in [0.05, 0.1) is 0 Å². The fourth-order valence-corrected chi connectivity index (χ4v) is 2.98. The molecule has 1 saturated heterocycles. The number of hydrogen-bond donors (Lipinski definition) is 2. The van der Waals surface area contributed by atoms with Crippen LogP contribution in [0.5, 0.6) is 0 Å². The van der Waals surface area contributed by atoms with Gasteiger partial charge in [0, 0.05) is 29.7 Å². The van der Waals surface area contributed by atoms with Crippen LogP contribution in [0, 0.1) is 0 Å². The topological polar surface area (TPSA) is 37.0 Å². The van der Waals surface area contributed by atoms with Gasteiger partial charge < -0.3 is 10.6 Å². The Bertz CT molecular complexity index is 329. The average molecular weight is 239 g/mol. The van der Waals surface area contributed by atoms with Gasteiger partial charge in [0.15, 0.2) is 0 Å². The maximum Gasteiger partial charge on any atom is 0.107 e. The normalized spacial score (nSPS) is 25.1. The molecule has 1 fully saturated rings. The van der Waals surface area contributed by atoms with E-state index in [0.717, 1.165) is 26.1 Å². The summed E-state index contributed by atoms with van der Waals surface area (Å²) in [5.74, 6) is 0. The smallest absolute Gasteiger partial charge is 0.107 e. The lowest BCUT2D eigenvalue weighted by Gasteiger charge is -2.24. The van der Waals surface area contributed by atoms with Crippen LogP contribution >= 0.6 is 11.3 Å². The number of aryl methyl sites for hydroxylation is 1. The van der Waals surface area contributed by atoms with Gasteiger partial charge in [-0.2, -0.15) is 0 Å². The molecule has 3 nitrogen and oxygen atoms in total. The molecule has 0 aromatic carbocycles. The van der Waals surface area contributed by atoms with Gasteiger partial charge in [0.25, 0.3) is 0 Å². The number of nitrogens with zero attached hydrogens (tertiary/aromatic N) is 1. The van der Waals surface area contributed by atoms with Crippen LogP contribution in [-0.2, 0) is 13.0 Å². The fraction of sp³-hybridized carbons (Fsp3) is 0.750. The minimum Gasteiger partial charge on any atom is -0.310 e. The van der Waals surface area contributed by atoms with Crippen molar-refractivity contribution in [2.75, 3.05) is 13.1 Å². The van der Waals surface area contributed by atoms with Crippen LogP contribution in [0.2, 0.25) is 0 Å². The zero-order valence-electron chi connectivity index (χ0n) is 10.2. The first-order valence-electron chi connectivity index (χ1n) is 6.11. The van der Waals surface area contributed by atoms with E-state index in [1.807, 2.05) is 17.5 Å². The van der Waals surface area contributed by atoms with E-state index >= 15 is 0 Å². The Morgan fingerprint density at radius 3 is 3.12 bits per heavy atom. The molecule has 0 bridgehead atoms. The van der Waals surface area contributed by atoms with Crippen LogP contribution in [-0.4, -0.2) is 23.6 Å². The first-order valence-corrected chi connectivity index (χ1v) is 6.93. The second-order valence-corrected chi connectivity index (χ2v) is 5.97. The molecule has 2 heterocycles. The van der Waals surface area contributed by atoms with Crippen LogP contribution in [0.25, 0.3) is 0 Å². The molecule has 0 spiro atoms. The second kappa shape index (κ2) is 5.25. The lowest BCUT2D eigenvalue weighted by Crippen LogP contribution is -2.45. The van der Waals surface area contributed by atoms with Crippen molar-refractivity contribution in [2.45, 2.75) is 45.2 Å². The third kappa shape index (κ3) is 3.03. The van der Waals surface area contributed by atoms with Gasteiger partial charge in [-0.25, -0.2) is 4.98 Å². The zero-order chi connectivity index (χ0) is 11.4. The molecule has 90 valence electrons. The third-order valence-electron chi connectivity index (χ3n) is 3.20. The molecular formula is C12H21N3S. The van der Waals surface area contributed by atoms with Crippen molar-refractivity contribution in [3.8, 4) is 0 Å². The van der Waals surface area contributed by atoms with Gasteiger partial charge in [-0.05, 0) is 32.7 Å². The Morgan fingerprint density at radius 2 is 2.50 bits per heavy atom. The van der Waals surface area contributed by atoms with E-state index in [-0.39, 0.29) is 0 Å². The van der Waals surface area contributed by atoms with Gasteiger partial charge >= 0.3 is 0 Å². The third-order valence-corrected chi connectivity index (χ3v) is 4.34. The maximum absolute atomic E-state index is 4.41. The molecule has 0 radical (unpaired) electrons. The van der Waals surface area contributed by atoms with E-state index in [1.165, 1.54) is 22.7 Å². The first kappa shape index (κ1) is 12.0. The molecule has 1 aromatic rings. The summed E-state index contributed by atoms with van der Waals surface area (Å²) in [6.45, 7) is 7.58. The molecule has 1 aromatic heterocycles. The number of thiazole rings is 1. The molecule has 1 unspecified atom stereocenters. The summed E-state index contributed by atoms with van der Waals surface area (Å²) < 4.78 is 0. The predicted molar refractivity (Wildman–Crippen MR) is 68.8 cm³/mol. The van der Waals surface area contributed by atoms with Crippen LogP contribution in [0.1, 0.15) is 36.6 Å². The SMILES string of the molecule is CCc1cnc(CNCC2(C)CCCN2)s1. The van der Waals surface area contributed by atoms with Gasteiger partial charge in [-0.3, -0.25) is 0 Å². The fourth-order valence-electron chi connectivity index (χ4n) is 2.15. The largest absolute Gasteiger partial charge is 0.310 e. The van der Waals surface area contributed by atoms with Crippen LogP contribution in [0.4, 0.5) is 0 Å². The summed E-state index contributed by atoms with van der Waals surface area (Å²) in [5.41, 5.74) is 0.296. The maximum atomic E-state index is 4.41. The van der Waals surface area contributed by atoms with E-state index in [1.54, 1.807) is 0 Å². The number of nitrogens with one attached hydrogen (secondary N) is 2. The standard InChI is InChI=1S/C12H21N3S/c1-3-10-7-14-11(16-10)8-13-9-12(2)5-4-6-15-12/h7,13,15H,3-6,8-9H2,1-2H3. The van der Waals surface area contributed by atoms with Crippen molar-refractivity contribution in [3.05, 3.63) is 16.1 Å². The van der Waals surface area contributed by atoms with E-state index in [9.17, 15) is 0 Å². The molecule has 1 aliphatic heterocycles. The first-order chi connectivity index (χ1) is 7.72. The lowest BCUT2D eigenvalue weighted by atomic mass is 10.0. The Morgan fingerprint density at radius 1 is 1.62 bits per heavy atom. The summed E-state index contributed by atoms with van der Waals surface area (Å²) in [6, 6.07) is 0. The molecule has 2 rings (SSSR count). The molecule has 4 heteroatoms. The molecule has 1 atom stereocenters. The Hall–Kier alpha value is -0.450. The van der Waals surface area contributed by atoms with E-state index in [2.05, 4.69) is 29.5 Å². The lowest BCUT2D eigenvalue weighted by molar-refractivity contribution is 0.385. The highest BCUT2D eigenvalue weighted by molar-refractivity contribution is 7.11. The van der Waals surface area contributed by atoms with Gasteiger partial charge in [0.1, 0.15) is 5.01 Å². The van der Waals surface area contributed by atoms with Gasteiger partial charge in [-0.1, -0.05) is 6.92 Å². The van der Waals surface area contributed by atoms with E-state index < -0.39 is 0 Å². The van der Waals surface area contributed by atoms with Crippen molar-refractivity contribution in [2.24, 2.45) is 0 Å². The number of aromatic nitrogens is 1. The van der Waals surface area contributed by atoms with Gasteiger partial charge in [-0.15, -0.1) is 11.3 Å². The highest BCUT2D eigenvalue weighted by atomic mass is 32.1. The molecule has 0 aliphatic carbocycles. The summed E-state index contributed by atoms with van der Waals surface area (Å²) in [4.78, 5) is 5.79. The van der Waals surface area contributed by atoms with Crippen molar-refractivity contribution in [1.29, 1.82) is 0 Å². The quantitative estimate of drug-likeness (QED) is 0.824. The van der Waals surface area contributed by atoms with Crippen molar-refractivity contribution in [3.63, 3.8) is 0 Å². The number of rotatable bonds is 5. The summed E-state index contributed by atoms with van der Waals surface area (Å²) in [5, 5.41) is 8.27. The highest BCUT2D eigenvalue weighted by Gasteiger charge is 2.27. The summed E-state index contributed by atoms with van der Waals surface area (Å²) in [7, 11) is 0. The second-order valence-electron chi connectivity index (χ2n) is 4.77. The molecule has 16 heavy (non-hydrogen) atoms. The number of hydrogen-bond acceptors (Lipinski definition) is 4. The molecule has 2 N–H and O–H groups in total. The average Bonchev–Trinajstić information content (AvgIpc) is 2.88. The van der Waals surface area contributed by atoms with Crippen molar-refractivity contribution < 1.29 is 0 Å². The summed E-state index contributed by atoms with van der Waals surface area (Å²) >= 11 is 1.82. The van der Waals surface area contributed by atoms with Crippen LogP contribution in [0.3, 0.4) is 0 Å². The van der Waals surface area contributed by atoms with E-state index in [4.69, 9.17) is 0 Å². The minimum absolute atomic E-state index is 0.296. The van der Waals surface area contributed by atoms with Crippen molar-refractivity contribution in [1.82, 2.24) is 15.6 Å². The monoisotopic (exact) mass is 239 g/mol. The Labute approximate surface area is 102 Å². The molecule has 0 saturated carbocycles.